The van der Waals surface area contributed by atoms with Gasteiger partial charge in [-0.05, 0) is 105 Å². The third kappa shape index (κ3) is 4.68. The molecule has 10 aromatic rings. The van der Waals surface area contributed by atoms with E-state index in [0.29, 0.717) is 0 Å². The number of hydrogen-bond acceptors (Lipinski definition) is 5. The summed E-state index contributed by atoms with van der Waals surface area (Å²) in [6.45, 7) is 0. The fraction of sp³-hybridized carbons (Fsp3) is 0.0196. The summed E-state index contributed by atoms with van der Waals surface area (Å²) >= 11 is 3.47. The number of aromatic nitrogens is 2. The highest BCUT2D eigenvalue weighted by molar-refractivity contribution is 7.22. The zero-order chi connectivity index (χ0) is 36.8. The van der Waals surface area contributed by atoms with Gasteiger partial charge in [-0.2, -0.15) is 0 Å². The van der Waals surface area contributed by atoms with Gasteiger partial charge in [-0.25, -0.2) is 9.97 Å². The minimum absolute atomic E-state index is 0.463. The van der Waals surface area contributed by atoms with Crippen LogP contribution in [0.3, 0.4) is 0 Å². The number of fused-ring (bicyclic) bond motifs is 11. The summed E-state index contributed by atoms with van der Waals surface area (Å²) in [4.78, 5) is 10.1. The second-order valence-electron chi connectivity index (χ2n) is 14.5. The maximum absolute atomic E-state index is 6.52. The predicted octanol–water partition coefficient (Wildman–Crippen LogP) is 14.0. The molecule has 0 fully saturated rings. The van der Waals surface area contributed by atoms with Crippen LogP contribution in [0.1, 0.15) is 22.3 Å². The number of benzene rings is 8. The molecule has 0 amide bonds. The van der Waals surface area contributed by atoms with Crippen molar-refractivity contribution in [2.24, 2.45) is 0 Å². The third-order valence-corrected chi connectivity index (χ3v) is 13.6. The fourth-order valence-electron chi connectivity index (χ4n) is 8.93. The van der Waals surface area contributed by atoms with Crippen molar-refractivity contribution in [2.45, 2.75) is 5.41 Å². The van der Waals surface area contributed by atoms with Crippen LogP contribution in [-0.2, 0) is 5.41 Å². The molecule has 56 heavy (non-hydrogen) atoms. The van der Waals surface area contributed by atoms with Gasteiger partial charge in [-0.1, -0.05) is 121 Å². The summed E-state index contributed by atoms with van der Waals surface area (Å²) in [5.74, 6) is 1.82. The van der Waals surface area contributed by atoms with Crippen LogP contribution in [0.4, 0.5) is 0 Å². The van der Waals surface area contributed by atoms with E-state index in [1.165, 1.54) is 53.9 Å². The first-order valence-corrected chi connectivity index (χ1v) is 20.4. The number of hydrogen-bond donors (Lipinski definition) is 0. The summed E-state index contributed by atoms with van der Waals surface area (Å²) in [6.07, 6.45) is 0. The minimum atomic E-state index is -0.463. The average molecular weight is 751 g/mol. The van der Waals surface area contributed by atoms with Gasteiger partial charge < -0.3 is 4.74 Å². The molecule has 8 aromatic carbocycles. The number of rotatable bonds is 4. The summed E-state index contributed by atoms with van der Waals surface area (Å²) in [6, 6.07) is 65.5. The van der Waals surface area contributed by atoms with Gasteiger partial charge >= 0.3 is 0 Å². The number of nitrogens with zero attached hydrogens (tertiary/aromatic N) is 2. The Morgan fingerprint density at radius 3 is 1.43 bits per heavy atom. The Hall–Kier alpha value is -6.66. The van der Waals surface area contributed by atoms with Crippen LogP contribution in [-0.4, -0.2) is 9.97 Å². The van der Waals surface area contributed by atoms with E-state index < -0.39 is 5.41 Å². The Morgan fingerprint density at radius 2 is 0.821 bits per heavy atom. The van der Waals surface area contributed by atoms with Crippen molar-refractivity contribution in [1.82, 2.24) is 9.97 Å². The van der Waals surface area contributed by atoms with Gasteiger partial charge in [0.05, 0.1) is 25.8 Å². The van der Waals surface area contributed by atoms with Crippen LogP contribution in [0.2, 0.25) is 0 Å². The normalized spacial score (nSPS) is 13.3. The fourth-order valence-corrected chi connectivity index (χ4v) is 10.8. The maximum atomic E-state index is 6.52. The first-order valence-electron chi connectivity index (χ1n) is 18.8. The van der Waals surface area contributed by atoms with Crippen LogP contribution < -0.4 is 4.74 Å². The van der Waals surface area contributed by atoms with Crippen molar-refractivity contribution in [3.05, 3.63) is 204 Å². The quantitative estimate of drug-likeness (QED) is 0.180. The maximum Gasteiger partial charge on any atom is 0.132 e. The molecule has 1 spiro atoms. The van der Waals surface area contributed by atoms with E-state index in [9.17, 15) is 0 Å². The van der Waals surface area contributed by atoms with Gasteiger partial charge in [-0.3, -0.25) is 0 Å². The SMILES string of the molecule is c1ccc2c(c1)Oc1ccccc1C21c2ccccc2-c2cc(-c3ccc(-c4cc(-c5nc6ccccc6s5)cc(-c5nc6ccccc6s5)c4)cc3)ccc21. The van der Waals surface area contributed by atoms with Gasteiger partial charge in [0.2, 0.25) is 0 Å². The summed E-state index contributed by atoms with van der Waals surface area (Å²) in [5.41, 5.74) is 15.9. The highest BCUT2D eigenvalue weighted by Gasteiger charge is 2.50. The zero-order valence-corrected chi connectivity index (χ0v) is 31.6. The minimum Gasteiger partial charge on any atom is -0.457 e. The molecule has 0 bridgehead atoms. The Labute approximate surface area is 331 Å². The monoisotopic (exact) mass is 750 g/mol. The van der Waals surface area contributed by atoms with Crippen molar-refractivity contribution >= 4 is 43.1 Å². The highest BCUT2D eigenvalue weighted by atomic mass is 32.1. The lowest BCUT2D eigenvalue weighted by Crippen LogP contribution is -2.32. The molecule has 12 rings (SSSR count). The van der Waals surface area contributed by atoms with E-state index in [1.54, 1.807) is 22.7 Å². The smallest absolute Gasteiger partial charge is 0.132 e. The number of para-hydroxylation sites is 4. The van der Waals surface area contributed by atoms with Gasteiger partial charge in [-0.15, -0.1) is 22.7 Å². The van der Waals surface area contributed by atoms with E-state index in [4.69, 9.17) is 14.7 Å². The second kappa shape index (κ2) is 12.2. The average Bonchev–Trinajstić information content (AvgIpc) is 3.98. The molecule has 0 unspecified atom stereocenters. The van der Waals surface area contributed by atoms with Crippen molar-refractivity contribution in [1.29, 1.82) is 0 Å². The summed E-state index contributed by atoms with van der Waals surface area (Å²) in [5, 5.41) is 2.02. The molecule has 3 nitrogen and oxygen atoms in total. The van der Waals surface area contributed by atoms with Crippen molar-refractivity contribution in [2.75, 3.05) is 0 Å². The molecule has 0 saturated heterocycles. The predicted molar refractivity (Wildman–Crippen MR) is 232 cm³/mol. The van der Waals surface area contributed by atoms with Crippen molar-refractivity contribution in [3.63, 3.8) is 0 Å². The Bertz CT molecular complexity index is 2990. The Balaban J connectivity index is 0.974. The lowest BCUT2D eigenvalue weighted by atomic mass is 9.66. The second-order valence-corrected chi connectivity index (χ2v) is 16.6. The molecule has 5 heteroatoms. The van der Waals surface area contributed by atoms with Gasteiger partial charge in [0.15, 0.2) is 0 Å². The molecule has 0 radical (unpaired) electrons. The van der Waals surface area contributed by atoms with Crippen LogP contribution >= 0.6 is 22.7 Å². The molecule has 262 valence electrons. The van der Waals surface area contributed by atoms with Gasteiger partial charge in [0.25, 0.3) is 0 Å². The van der Waals surface area contributed by atoms with Crippen LogP contribution in [0.15, 0.2) is 182 Å². The number of thiazole rings is 2. The molecule has 1 aliphatic carbocycles. The van der Waals surface area contributed by atoms with Gasteiger partial charge in [0.1, 0.15) is 21.5 Å². The highest BCUT2D eigenvalue weighted by Crippen LogP contribution is 2.62. The van der Waals surface area contributed by atoms with E-state index in [2.05, 4.69) is 182 Å². The van der Waals surface area contributed by atoms with E-state index >= 15 is 0 Å². The first kappa shape index (κ1) is 31.7. The number of ether oxygens (including phenoxy) is 1. The molecular weight excluding hydrogens is 721 g/mol. The first-order chi connectivity index (χ1) is 27.7. The van der Waals surface area contributed by atoms with E-state index in [-0.39, 0.29) is 0 Å². The van der Waals surface area contributed by atoms with E-state index in [0.717, 1.165) is 54.8 Å². The molecule has 0 N–H and O–H groups in total. The van der Waals surface area contributed by atoms with Crippen LogP contribution in [0, 0.1) is 0 Å². The molecule has 1 aliphatic heterocycles. The zero-order valence-electron chi connectivity index (χ0n) is 29.9. The largest absolute Gasteiger partial charge is 0.457 e. The third-order valence-electron chi connectivity index (χ3n) is 11.4. The topological polar surface area (TPSA) is 35.0 Å². The van der Waals surface area contributed by atoms with Crippen LogP contribution in [0.25, 0.3) is 75.0 Å². The van der Waals surface area contributed by atoms with E-state index in [1.807, 2.05) is 0 Å². The molecule has 0 saturated carbocycles. The van der Waals surface area contributed by atoms with Gasteiger partial charge in [0, 0.05) is 22.3 Å². The Kier molecular flexibility index (Phi) is 6.88. The van der Waals surface area contributed by atoms with Crippen molar-refractivity contribution in [3.8, 4) is 66.0 Å². The molecule has 0 atom stereocenters. The Morgan fingerprint density at radius 1 is 0.357 bits per heavy atom. The molecule has 2 aromatic heterocycles. The summed E-state index contributed by atoms with van der Waals surface area (Å²) in [7, 11) is 0. The van der Waals surface area contributed by atoms with Crippen LogP contribution in [0.5, 0.6) is 11.5 Å². The summed E-state index contributed by atoms with van der Waals surface area (Å²) < 4.78 is 8.90. The molecule has 3 heterocycles. The molecular formula is C51H30N2OS2. The lowest BCUT2D eigenvalue weighted by molar-refractivity contribution is 0.436. The lowest BCUT2D eigenvalue weighted by Gasteiger charge is -2.39. The molecule has 2 aliphatic rings. The van der Waals surface area contributed by atoms with Crippen molar-refractivity contribution < 1.29 is 4.74 Å². The standard InChI is InChI=1S/C51H30N2OS2/c1-2-12-39-37(11-1)38-30-33(25-26-40(38)51(39)41-13-3-7-17-45(41)54-46-18-8-4-14-42(46)51)31-21-23-32(24-22-31)34-27-35(49-52-43-15-5-9-19-47(43)55-49)29-36(28-34)50-53-44-16-6-10-20-48(44)56-50/h1-30H.